The smallest absolute Gasteiger partial charge is 0.127 e. The minimum atomic E-state index is -0.0187. The van der Waals surface area contributed by atoms with Gasteiger partial charge in [-0.05, 0) is 61.2 Å². The largest absolute Gasteiger partial charge is 0.488 e. The van der Waals surface area contributed by atoms with Crippen LogP contribution >= 0.6 is 0 Å². The molecule has 27 heavy (non-hydrogen) atoms. The van der Waals surface area contributed by atoms with Gasteiger partial charge in [0.1, 0.15) is 12.4 Å². The van der Waals surface area contributed by atoms with Crippen molar-refractivity contribution in [3.05, 3.63) is 77.4 Å². The van der Waals surface area contributed by atoms with Crippen LogP contribution in [0.1, 0.15) is 31.9 Å². The molecule has 2 aliphatic rings. The summed E-state index contributed by atoms with van der Waals surface area (Å²) in [4.78, 5) is 0. The van der Waals surface area contributed by atoms with Gasteiger partial charge in [0.2, 0.25) is 0 Å². The Kier molecular flexibility index (Phi) is 3.45. The highest BCUT2D eigenvalue weighted by Gasteiger charge is 2.29. The molecule has 2 heteroatoms. The molecule has 2 heterocycles. The van der Waals surface area contributed by atoms with E-state index in [9.17, 15) is 0 Å². The van der Waals surface area contributed by atoms with Gasteiger partial charge in [-0.25, -0.2) is 0 Å². The normalized spacial score (nSPS) is 16.2. The molecule has 2 nitrogen and oxygen atoms in total. The predicted molar refractivity (Wildman–Crippen MR) is 113 cm³/mol. The van der Waals surface area contributed by atoms with E-state index in [1.165, 1.54) is 44.6 Å². The molecule has 0 bridgehead atoms. The van der Waals surface area contributed by atoms with Crippen LogP contribution in [0.5, 0.6) is 5.75 Å². The van der Waals surface area contributed by atoms with Crippen molar-refractivity contribution in [2.75, 3.05) is 5.32 Å². The van der Waals surface area contributed by atoms with Gasteiger partial charge in [-0.1, -0.05) is 48.5 Å². The molecule has 0 amide bonds. The number of nitrogens with one attached hydrogen (secondary N) is 1. The van der Waals surface area contributed by atoms with Crippen LogP contribution in [0.4, 0.5) is 5.69 Å². The Morgan fingerprint density at radius 2 is 1.70 bits per heavy atom. The molecule has 0 aliphatic carbocycles. The second-order valence-corrected chi connectivity index (χ2v) is 8.00. The van der Waals surface area contributed by atoms with Crippen LogP contribution in [0.3, 0.4) is 0 Å². The zero-order valence-electron chi connectivity index (χ0n) is 16.0. The van der Waals surface area contributed by atoms with E-state index >= 15 is 0 Å². The lowest BCUT2D eigenvalue weighted by atomic mass is 9.84. The number of rotatable bonds is 1. The molecular weight excluding hydrogens is 330 g/mol. The van der Waals surface area contributed by atoms with Gasteiger partial charge in [-0.15, -0.1) is 0 Å². The minimum Gasteiger partial charge on any atom is -0.488 e. The van der Waals surface area contributed by atoms with Crippen molar-refractivity contribution < 1.29 is 4.74 Å². The molecule has 1 N–H and O–H groups in total. The Labute approximate surface area is 160 Å². The van der Waals surface area contributed by atoms with Crippen LogP contribution < -0.4 is 10.1 Å². The number of anilines is 1. The molecule has 3 aromatic rings. The summed E-state index contributed by atoms with van der Waals surface area (Å²) >= 11 is 0. The van der Waals surface area contributed by atoms with E-state index in [0.29, 0.717) is 6.61 Å². The Bertz CT molecular complexity index is 1080. The van der Waals surface area contributed by atoms with E-state index in [0.717, 1.165) is 5.75 Å². The predicted octanol–water partition coefficient (Wildman–Crippen LogP) is 6.52. The fourth-order valence-electron chi connectivity index (χ4n) is 4.00. The Morgan fingerprint density at radius 1 is 0.889 bits per heavy atom. The first-order chi connectivity index (χ1) is 13.0. The third-order valence-electron chi connectivity index (χ3n) is 5.90. The van der Waals surface area contributed by atoms with Gasteiger partial charge in [0.25, 0.3) is 0 Å². The van der Waals surface area contributed by atoms with Crippen LogP contribution in [0.2, 0.25) is 0 Å². The highest BCUT2D eigenvalue weighted by Crippen LogP contribution is 2.45. The second-order valence-electron chi connectivity index (χ2n) is 8.00. The molecule has 0 aromatic heterocycles. The van der Waals surface area contributed by atoms with Gasteiger partial charge in [-0.2, -0.15) is 0 Å². The molecule has 0 radical (unpaired) electrons. The summed E-state index contributed by atoms with van der Waals surface area (Å²) in [6, 6.07) is 21.5. The highest BCUT2D eigenvalue weighted by atomic mass is 16.5. The van der Waals surface area contributed by atoms with Crippen molar-refractivity contribution in [2.24, 2.45) is 0 Å². The van der Waals surface area contributed by atoms with Crippen LogP contribution in [0.25, 0.3) is 28.3 Å². The van der Waals surface area contributed by atoms with E-state index < -0.39 is 0 Å². The zero-order valence-corrected chi connectivity index (χ0v) is 16.0. The fourth-order valence-corrected chi connectivity index (χ4v) is 4.00. The number of fused-ring (bicyclic) bond motifs is 5. The van der Waals surface area contributed by atoms with Crippen molar-refractivity contribution >= 4 is 11.8 Å². The minimum absolute atomic E-state index is 0.0187. The average Bonchev–Trinajstić information content (AvgIpc) is 2.68. The number of benzene rings is 3. The first-order valence-corrected chi connectivity index (χ1v) is 9.48. The highest BCUT2D eigenvalue weighted by molar-refractivity contribution is 5.87. The van der Waals surface area contributed by atoms with Crippen LogP contribution in [-0.4, -0.2) is 5.54 Å². The first kappa shape index (κ1) is 16.2. The molecule has 0 saturated heterocycles. The van der Waals surface area contributed by atoms with Crippen molar-refractivity contribution in [3.63, 3.8) is 0 Å². The lowest BCUT2D eigenvalue weighted by molar-refractivity contribution is 0.302. The first-order valence-electron chi connectivity index (χ1n) is 9.48. The Hall–Kier alpha value is -3.00. The summed E-state index contributed by atoms with van der Waals surface area (Å²) in [6.07, 6.45) is 2.32. The summed E-state index contributed by atoms with van der Waals surface area (Å²) in [5, 5.41) is 3.67. The van der Waals surface area contributed by atoms with Crippen molar-refractivity contribution in [3.8, 4) is 28.0 Å². The van der Waals surface area contributed by atoms with E-state index in [1.54, 1.807) is 0 Å². The third-order valence-corrected chi connectivity index (χ3v) is 5.90. The lowest BCUT2D eigenvalue weighted by Crippen LogP contribution is -2.35. The van der Waals surface area contributed by atoms with Gasteiger partial charge >= 0.3 is 0 Å². The van der Waals surface area contributed by atoms with Crippen LogP contribution in [-0.2, 0) is 6.61 Å². The SMILES string of the molecule is CC1=Cc2c(ccc3c2COc2ccc(-c4ccccc4)cc2-3)NC1(C)C. The summed E-state index contributed by atoms with van der Waals surface area (Å²) in [5.74, 6) is 0.965. The molecule has 3 aromatic carbocycles. The Balaban J connectivity index is 1.67. The summed E-state index contributed by atoms with van der Waals surface area (Å²) in [5.41, 5.74) is 9.94. The molecule has 0 saturated carbocycles. The van der Waals surface area contributed by atoms with E-state index in [1.807, 2.05) is 0 Å². The van der Waals surface area contributed by atoms with E-state index in [-0.39, 0.29) is 5.54 Å². The third kappa shape index (κ3) is 2.56. The topological polar surface area (TPSA) is 21.3 Å². The molecule has 134 valence electrons. The molecule has 5 rings (SSSR count). The van der Waals surface area contributed by atoms with Gasteiger partial charge < -0.3 is 10.1 Å². The maximum atomic E-state index is 6.14. The molecule has 0 unspecified atom stereocenters. The number of hydrogen-bond acceptors (Lipinski definition) is 2. The van der Waals surface area contributed by atoms with Crippen LogP contribution in [0.15, 0.2) is 66.2 Å². The average molecular weight is 353 g/mol. The molecule has 0 fully saturated rings. The van der Waals surface area contributed by atoms with Gasteiger partial charge in [0.05, 0.1) is 5.54 Å². The molecular formula is C25H23NO. The lowest BCUT2D eigenvalue weighted by Gasteiger charge is -2.35. The number of hydrogen-bond donors (Lipinski definition) is 1. The maximum absolute atomic E-state index is 6.14. The second kappa shape index (κ2) is 5.75. The van der Waals surface area contributed by atoms with E-state index in [4.69, 9.17) is 4.74 Å². The van der Waals surface area contributed by atoms with Crippen molar-refractivity contribution in [2.45, 2.75) is 32.9 Å². The monoisotopic (exact) mass is 353 g/mol. The van der Waals surface area contributed by atoms with E-state index in [2.05, 4.69) is 92.8 Å². The quantitative estimate of drug-likeness (QED) is 0.538. The van der Waals surface area contributed by atoms with Crippen molar-refractivity contribution in [1.29, 1.82) is 0 Å². The number of ether oxygens (including phenoxy) is 1. The molecule has 2 aliphatic heterocycles. The van der Waals surface area contributed by atoms with Crippen molar-refractivity contribution in [1.82, 2.24) is 0 Å². The van der Waals surface area contributed by atoms with Gasteiger partial charge in [0, 0.05) is 22.4 Å². The standard InChI is InChI=1S/C25H23NO/c1-16-13-20-22-15-27-24-12-9-18(17-7-5-4-6-8-17)14-21(24)19(22)10-11-23(20)26-25(16,2)3/h4-14,26H,15H2,1-3H3. The zero-order chi connectivity index (χ0) is 18.6. The molecule has 0 atom stereocenters. The maximum Gasteiger partial charge on any atom is 0.127 e. The fraction of sp³-hybridized carbons (Fsp3) is 0.200. The molecule has 0 spiro atoms. The summed E-state index contributed by atoms with van der Waals surface area (Å²) < 4.78 is 6.14. The Morgan fingerprint density at radius 3 is 2.52 bits per heavy atom. The summed E-state index contributed by atoms with van der Waals surface area (Å²) in [6.45, 7) is 7.25. The van der Waals surface area contributed by atoms with Gasteiger partial charge in [0.15, 0.2) is 0 Å². The van der Waals surface area contributed by atoms with Gasteiger partial charge in [-0.3, -0.25) is 0 Å². The summed E-state index contributed by atoms with van der Waals surface area (Å²) in [7, 11) is 0. The van der Waals surface area contributed by atoms with Crippen LogP contribution in [0, 0.1) is 0 Å².